The van der Waals surface area contributed by atoms with E-state index in [1.54, 1.807) is 18.5 Å². The van der Waals surface area contributed by atoms with E-state index in [1.807, 2.05) is 12.1 Å². The van der Waals surface area contributed by atoms with E-state index in [2.05, 4.69) is 17.3 Å². The van der Waals surface area contributed by atoms with Crippen molar-refractivity contribution in [3.05, 3.63) is 46.2 Å². The largest absolute Gasteiger partial charge is 0.376 e. The third-order valence-corrected chi connectivity index (χ3v) is 3.60. The number of rotatable bonds is 6. The van der Waals surface area contributed by atoms with Crippen molar-refractivity contribution in [3.8, 4) is 0 Å². The van der Waals surface area contributed by atoms with Gasteiger partial charge >= 0.3 is 0 Å². The normalized spacial score (nSPS) is 12.1. The summed E-state index contributed by atoms with van der Waals surface area (Å²) in [5, 5.41) is 8.63. The van der Waals surface area contributed by atoms with Crippen LogP contribution in [0.4, 0.5) is 5.69 Å². The number of anilines is 1. The van der Waals surface area contributed by atoms with Gasteiger partial charge < -0.3 is 11.1 Å². The highest BCUT2D eigenvalue weighted by Crippen LogP contribution is 2.30. The number of nitrogens with zero attached hydrogens (tertiary/aromatic N) is 2. The Morgan fingerprint density at radius 1 is 1.48 bits per heavy atom. The van der Waals surface area contributed by atoms with E-state index in [-0.39, 0.29) is 12.6 Å². The van der Waals surface area contributed by atoms with Crippen LogP contribution in [0.25, 0.3) is 0 Å². The molecule has 0 saturated carbocycles. The number of carbonyl (C=O) groups excluding carboxylic acids is 1. The Balaban J connectivity index is 2.15. The Bertz CT molecular complexity index is 642. The van der Waals surface area contributed by atoms with Crippen LogP contribution >= 0.6 is 23.2 Å². The van der Waals surface area contributed by atoms with Gasteiger partial charge in [-0.15, -0.1) is 0 Å². The Kier molecular flexibility index (Phi) is 5.09. The van der Waals surface area contributed by atoms with Crippen LogP contribution in [0.5, 0.6) is 0 Å². The number of nitrogens with one attached hydrogen (secondary N) is 1. The Hall–Kier alpha value is -1.72. The SMILES string of the molecule is CCC(Nc1cnn(CC(N)=O)c1)c1ccc(Cl)cc1Cl. The van der Waals surface area contributed by atoms with Crippen LogP contribution in [0.2, 0.25) is 10.0 Å². The van der Waals surface area contributed by atoms with Crippen LogP contribution < -0.4 is 11.1 Å². The van der Waals surface area contributed by atoms with Crippen molar-refractivity contribution >= 4 is 34.8 Å². The van der Waals surface area contributed by atoms with Gasteiger partial charge in [-0.2, -0.15) is 5.10 Å². The molecule has 1 aromatic heterocycles. The molecule has 0 aliphatic rings. The van der Waals surface area contributed by atoms with Gasteiger partial charge in [-0.25, -0.2) is 0 Å². The van der Waals surface area contributed by atoms with Crippen LogP contribution in [0, 0.1) is 0 Å². The second-order valence-electron chi connectivity index (χ2n) is 4.66. The molecule has 7 heteroatoms. The van der Waals surface area contributed by atoms with Crippen molar-refractivity contribution < 1.29 is 4.79 Å². The Morgan fingerprint density at radius 3 is 2.86 bits per heavy atom. The van der Waals surface area contributed by atoms with Crippen molar-refractivity contribution in [2.45, 2.75) is 25.9 Å². The van der Waals surface area contributed by atoms with Crippen LogP contribution in [-0.2, 0) is 11.3 Å². The van der Waals surface area contributed by atoms with Gasteiger partial charge in [0, 0.05) is 16.2 Å². The molecule has 1 aromatic carbocycles. The molecule has 1 heterocycles. The highest BCUT2D eigenvalue weighted by Gasteiger charge is 2.14. The summed E-state index contributed by atoms with van der Waals surface area (Å²) in [4.78, 5) is 10.9. The molecule has 0 radical (unpaired) electrons. The van der Waals surface area contributed by atoms with Gasteiger partial charge in [-0.3, -0.25) is 9.48 Å². The summed E-state index contributed by atoms with van der Waals surface area (Å²) in [5.41, 5.74) is 6.90. The number of halogens is 2. The number of carbonyl (C=O) groups is 1. The van der Waals surface area contributed by atoms with E-state index in [0.29, 0.717) is 10.0 Å². The zero-order valence-corrected chi connectivity index (χ0v) is 13.0. The topological polar surface area (TPSA) is 72.9 Å². The average molecular weight is 327 g/mol. The predicted octanol–water partition coefficient (Wildman–Crippen LogP) is 3.24. The molecule has 2 rings (SSSR count). The Morgan fingerprint density at radius 2 is 2.24 bits per heavy atom. The number of amides is 1. The minimum Gasteiger partial charge on any atom is -0.376 e. The number of benzene rings is 1. The second-order valence-corrected chi connectivity index (χ2v) is 5.51. The first-order valence-corrected chi connectivity index (χ1v) is 7.27. The highest BCUT2D eigenvalue weighted by molar-refractivity contribution is 6.35. The molecule has 1 amide bonds. The molecular weight excluding hydrogens is 311 g/mol. The lowest BCUT2D eigenvalue weighted by atomic mass is 10.0. The van der Waals surface area contributed by atoms with Crippen LogP contribution in [0.1, 0.15) is 24.9 Å². The monoisotopic (exact) mass is 326 g/mol. The first-order chi connectivity index (χ1) is 9.99. The summed E-state index contributed by atoms with van der Waals surface area (Å²) < 4.78 is 1.49. The number of hydrogen-bond donors (Lipinski definition) is 2. The minimum atomic E-state index is -0.433. The summed E-state index contributed by atoms with van der Waals surface area (Å²) in [5.74, 6) is -0.433. The molecular formula is C14H16Cl2N4O. The summed E-state index contributed by atoms with van der Waals surface area (Å²) in [6.45, 7) is 2.11. The predicted molar refractivity (Wildman–Crippen MR) is 84.5 cm³/mol. The molecule has 1 atom stereocenters. The number of nitrogens with two attached hydrogens (primary N) is 1. The molecule has 3 N–H and O–H groups in total. The third-order valence-electron chi connectivity index (χ3n) is 3.04. The quantitative estimate of drug-likeness (QED) is 0.855. The molecule has 2 aromatic rings. The zero-order valence-electron chi connectivity index (χ0n) is 11.5. The van der Waals surface area contributed by atoms with Gasteiger partial charge in [-0.1, -0.05) is 36.2 Å². The van der Waals surface area contributed by atoms with E-state index in [1.165, 1.54) is 4.68 Å². The van der Waals surface area contributed by atoms with Crippen molar-refractivity contribution in [3.63, 3.8) is 0 Å². The number of aromatic nitrogens is 2. The summed E-state index contributed by atoms with van der Waals surface area (Å²) >= 11 is 12.2. The lowest BCUT2D eigenvalue weighted by molar-refractivity contribution is -0.118. The van der Waals surface area contributed by atoms with Crippen molar-refractivity contribution in [2.24, 2.45) is 5.73 Å². The summed E-state index contributed by atoms with van der Waals surface area (Å²) in [6.07, 6.45) is 4.22. The van der Waals surface area contributed by atoms with Gasteiger partial charge in [0.25, 0.3) is 0 Å². The molecule has 0 saturated heterocycles. The van der Waals surface area contributed by atoms with Crippen LogP contribution in [0.3, 0.4) is 0 Å². The first-order valence-electron chi connectivity index (χ1n) is 6.52. The average Bonchev–Trinajstić information content (AvgIpc) is 2.83. The molecule has 0 bridgehead atoms. The van der Waals surface area contributed by atoms with E-state index >= 15 is 0 Å². The fourth-order valence-corrected chi connectivity index (χ4v) is 2.61. The van der Waals surface area contributed by atoms with Crippen molar-refractivity contribution in [1.29, 1.82) is 0 Å². The third kappa shape index (κ3) is 4.12. The molecule has 1 unspecified atom stereocenters. The number of hydrogen-bond acceptors (Lipinski definition) is 3. The molecule has 0 aliphatic heterocycles. The van der Waals surface area contributed by atoms with E-state index in [4.69, 9.17) is 28.9 Å². The fourth-order valence-electron chi connectivity index (χ4n) is 2.07. The van der Waals surface area contributed by atoms with E-state index in [0.717, 1.165) is 17.7 Å². The maximum atomic E-state index is 10.9. The van der Waals surface area contributed by atoms with Gasteiger partial charge in [-0.05, 0) is 24.1 Å². The van der Waals surface area contributed by atoms with Crippen molar-refractivity contribution in [1.82, 2.24) is 9.78 Å². The van der Waals surface area contributed by atoms with E-state index < -0.39 is 5.91 Å². The maximum Gasteiger partial charge on any atom is 0.239 e. The first kappa shape index (κ1) is 15.7. The van der Waals surface area contributed by atoms with Crippen molar-refractivity contribution in [2.75, 3.05) is 5.32 Å². The van der Waals surface area contributed by atoms with E-state index in [9.17, 15) is 4.79 Å². The molecule has 112 valence electrons. The van der Waals surface area contributed by atoms with Gasteiger partial charge in [0.05, 0.1) is 17.9 Å². The van der Waals surface area contributed by atoms with Gasteiger partial charge in [0.2, 0.25) is 5.91 Å². The maximum absolute atomic E-state index is 10.9. The van der Waals surface area contributed by atoms with Gasteiger partial charge in [0.15, 0.2) is 0 Å². The molecule has 0 fully saturated rings. The van der Waals surface area contributed by atoms with Crippen LogP contribution in [0.15, 0.2) is 30.6 Å². The standard InChI is InChI=1S/C14H16Cl2N4O/c1-2-13(11-4-3-9(15)5-12(11)16)19-10-6-18-20(7-10)8-14(17)21/h3-7,13,19H,2,8H2,1H3,(H2,17,21). The summed E-state index contributed by atoms with van der Waals surface area (Å²) in [6, 6.07) is 5.46. The molecule has 5 nitrogen and oxygen atoms in total. The molecule has 21 heavy (non-hydrogen) atoms. The molecule has 0 aliphatic carbocycles. The smallest absolute Gasteiger partial charge is 0.239 e. The lowest BCUT2D eigenvalue weighted by Crippen LogP contribution is -2.18. The number of primary amides is 1. The Labute approximate surface area is 133 Å². The highest BCUT2D eigenvalue weighted by atomic mass is 35.5. The lowest BCUT2D eigenvalue weighted by Gasteiger charge is -2.19. The zero-order chi connectivity index (χ0) is 15.4. The fraction of sp³-hybridized carbons (Fsp3) is 0.286. The van der Waals surface area contributed by atoms with Crippen LogP contribution in [-0.4, -0.2) is 15.7 Å². The summed E-state index contributed by atoms with van der Waals surface area (Å²) in [7, 11) is 0. The molecule has 0 spiro atoms. The second kappa shape index (κ2) is 6.83. The minimum absolute atomic E-state index is 0.0287. The van der Waals surface area contributed by atoms with Gasteiger partial charge in [0.1, 0.15) is 6.54 Å².